The summed E-state index contributed by atoms with van der Waals surface area (Å²) in [6, 6.07) is 98.1. The maximum atomic E-state index is 7.06. The van der Waals surface area contributed by atoms with E-state index in [0.717, 1.165) is 91.2 Å². The molecule has 356 valence electrons. The molecule has 0 bridgehead atoms. The fraction of sp³-hybridized carbons (Fsp3) is 0.0278. The first-order chi connectivity index (χ1) is 37.2. The van der Waals surface area contributed by atoms with Crippen molar-refractivity contribution < 1.29 is 4.42 Å². The summed E-state index contributed by atoms with van der Waals surface area (Å²) < 4.78 is 7.06. The smallest absolute Gasteiger partial charge is 0.143 e. The first-order valence-corrected chi connectivity index (χ1v) is 25.9. The van der Waals surface area contributed by atoms with Gasteiger partial charge in [0.2, 0.25) is 0 Å². The lowest BCUT2D eigenvalue weighted by atomic mass is 9.98. The second-order valence-corrected chi connectivity index (χ2v) is 19.2. The molecule has 3 nitrogen and oxygen atoms in total. The third-order valence-corrected chi connectivity index (χ3v) is 14.5. The zero-order chi connectivity index (χ0) is 49.9. The topological polar surface area (TPSA) is 19.6 Å². The second-order valence-electron chi connectivity index (χ2n) is 19.2. The Morgan fingerprint density at radius 3 is 1.01 bits per heavy atom. The number of hydrogen-bond acceptors (Lipinski definition) is 3. The van der Waals surface area contributed by atoms with Crippen LogP contribution in [0.3, 0.4) is 0 Å². The molecule has 0 fully saturated rings. The molecule has 0 atom stereocenters. The molecule has 13 rings (SSSR count). The fourth-order valence-corrected chi connectivity index (χ4v) is 10.8. The Morgan fingerprint density at radius 1 is 0.267 bits per heavy atom. The molecular formula is C72H52N2O. The predicted octanol–water partition coefficient (Wildman–Crippen LogP) is 20.6. The van der Waals surface area contributed by atoms with E-state index in [9.17, 15) is 0 Å². The zero-order valence-electron chi connectivity index (χ0n) is 41.4. The van der Waals surface area contributed by atoms with Crippen molar-refractivity contribution in [1.82, 2.24) is 0 Å². The number of furan rings is 1. The third-order valence-electron chi connectivity index (χ3n) is 14.5. The molecule has 0 N–H and O–H groups in total. The summed E-state index contributed by atoms with van der Waals surface area (Å²) in [7, 11) is 0. The molecule has 1 aliphatic rings. The van der Waals surface area contributed by atoms with Crippen molar-refractivity contribution in [1.29, 1.82) is 0 Å². The largest absolute Gasteiger partial charge is 0.455 e. The van der Waals surface area contributed by atoms with Crippen molar-refractivity contribution >= 4 is 61.6 Å². The average Bonchev–Trinajstić information content (AvgIpc) is 3.91. The Balaban J connectivity index is 0.859. The summed E-state index contributed by atoms with van der Waals surface area (Å²) in [5.74, 6) is 0. The van der Waals surface area contributed by atoms with Crippen LogP contribution in [0.1, 0.15) is 18.4 Å². The number of fused-ring (bicyclic) bond motifs is 3. The average molecular weight is 961 g/mol. The van der Waals surface area contributed by atoms with E-state index in [1.54, 1.807) is 0 Å². The van der Waals surface area contributed by atoms with E-state index < -0.39 is 0 Å². The molecule has 0 unspecified atom stereocenters. The molecule has 0 spiro atoms. The lowest BCUT2D eigenvalue weighted by Crippen LogP contribution is -2.10. The molecule has 75 heavy (non-hydrogen) atoms. The number of anilines is 6. The minimum absolute atomic E-state index is 0.875. The van der Waals surface area contributed by atoms with Crippen LogP contribution in [0.4, 0.5) is 34.1 Å². The molecule has 0 saturated heterocycles. The molecular weight excluding hydrogens is 909 g/mol. The third kappa shape index (κ3) is 9.02. The Kier molecular flexibility index (Phi) is 12.1. The molecule has 0 amide bonds. The number of para-hydroxylation sites is 2. The Morgan fingerprint density at radius 2 is 0.627 bits per heavy atom. The maximum Gasteiger partial charge on any atom is 0.143 e. The maximum absolute atomic E-state index is 7.06. The molecule has 0 saturated carbocycles. The number of benzene rings is 11. The number of allylic oxidation sites excluding steroid dienone is 4. The van der Waals surface area contributed by atoms with Gasteiger partial charge in [-0.2, -0.15) is 0 Å². The van der Waals surface area contributed by atoms with Crippen molar-refractivity contribution in [2.45, 2.75) is 12.8 Å². The van der Waals surface area contributed by atoms with Crippen LogP contribution in [0.15, 0.2) is 296 Å². The van der Waals surface area contributed by atoms with E-state index in [2.05, 4.69) is 301 Å². The molecule has 1 aliphatic carbocycles. The van der Waals surface area contributed by atoms with E-state index in [1.807, 2.05) is 0 Å². The summed E-state index contributed by atoms with van der Waals surface area (Å²) in [6.45, 7) is 0. The van der Waals surface area contributed by atoms with Gasteiger partial charge in [0, 0.05) is 56.0 Å². The first kappa shape index (κ1) is 45.2. The van der Waals surface area contributed by atoms with Gasteiger partial charge in [0.05, 0.1) is 0 Å². The van der Waals surface area contributed by atoms with Crippen LogP contribution in [0.25, 0.3) is 83.1 Å². The first-order valence-electron chi connectivity index (χ1n) is 25.9. The van der Waals surface area contributed by atoms with Crippen molar-refractivity contribution in [3.8, 4) is 55.6 Å². The van der Waals surface area contributed by atoms with E-state index >= 15 is 0 Å². The van der Waals surface area contributed by atoms with Gasteiger partial charge < -0.3 is 14.2 Å². The zero-order valence-corrected chi connectivity index (χ0v) is 41.4. The van der Waals surface area contributed by atoms with Crippen LogP contribution in [-0.4, -0.2) is 0 Å². The normalized spacial score (nSPS) is 12.2. The van der Waals surface area contributed by atoms with Crippen LogP contribution < -0.4 is 9.80 Å². The highest BCUT2D eigenvalue weighted by atomic mass is 16.3. The summed E-state index contributed by atoms with van der Waals surface area (Å²) in [4.78, 5) is 4.72. The highest BCUT2D eigenvalue weighted by Crippen LogP contribution is 2.44. The van der Waals surface area contributed by atoms with Crippen molar-refractivity contribution in [3.63, 3.8) is 0 Å². The van der Waals surface area contributed by atoms with Gasteiger partial charge in [-0.25, -0.2) is 0 Å². The van der Waals surface area contributed by atoms with Crippen LogP contribution in [-0.2, 0) is 0 Å². The SMILES string of the molecule is C1=CC(c2cccc(N(c3ccc(-c4cccc5c4oc4c(-c6ccc(N(c7cccc(-c8ccccc8)c7)c7cccc(-c8ccccc8)c7)cc6)cccc45)cc3)c3cccc(-c4ccccc4)c3)c2)=CCC1. The van der Waals surface area contributed by atoms with Gasteiger partial charge in [0.1, 0.15) is 11.2 Å². The monoisotopic (exact) mass is 960 g/mol. The van der Waals surface area contributed by atoms with Crippen molar-refractivity contribution in [2.75, 3.05) is 9.80 Å². The minimum Gasteiger partial charge on any atom is -0.455 e. The van der Waals surface area contributed by atoms with Crippen LogP contribution in [0.5, 0.6) is 0 Å². The Bertz CT molecular complexity index is 3960. The molecule has 11 aromatic carbocycles. The molecule has 1 aromatic heterocycles. The predicted molar refractivity (Wildman–Crippen MR) is 317 cm³/mol. The minimum atomic E-state index is 0.875. The molecule has 3 heteroatoms. The summed E-state index contributed by atoms with van der Waals surface area (Å²) >= 11 is 0. The Hall–Kier alpha value is -9.70. The van der Waals surface area contributed by atoms with Gasteiger partial charge in [-0.05, 0) is 141 Å². The second kappa shape index (κ2) is 20.1. The van der Waals surface area contributed by atoms with E-state index in [1.165, 1.54) is 44.5 Å². The highest BCUT2D eigenvalue weighted by Gasteiger charge is 2.20. The summed E-state index contributed by atoms with van der Waals surface area (Å²) in [5, 5.41) is 2.18. The van der Waals surface area contributed by atoms with Gasteiger partial charge in [0.25, 0.3) is 0 Å². The van der Waals surface area contributed by atoms with Gasteiger partial charge in [0.15, 0.2) is 0 Å². The van der Waals surface area contributed by atoms with E-state index in [-0.39, 0.29) is 0 Å². The molecule has 0 radical (unpaired) electrons. The standard InChI is InChI=1S/C72H52N2O/c1-5-19-51(20-6-1)57-27-13-31-63(47-57)73(64-32-14-28-58(48-64)52-21-7-2-8-22-52)61-43-39-55(40-44-61)67-35-17-37-69-70-38-18-36-68(72(70)75-71(67)69)56-41-45-62(46-42-56)74(65-33-15-29-59(49-65)53-23-9-3-10-24-53)66-34-16-30-60(50-66)54-25-11-4-12-26-54/h1-3,5-11,13-50H,4,12H2. The Labute approximate surface area is 438 Å². The quantitative estimate of drug-likeness (QED) is 0.122. The van der Waals surface area contributed by atoms with E-state index in [4.69, 9.17) is 4.42 Å². The molecule has 1 heterocycles. The fourth-order valence-electron chi connectivity index (χ4n) is 10.8. The van der Waals surface area contributed by atoms with Crippen molar-refractivity contribution in [3.05, 3.63) is 297 Å². The van der Waals surface area contributed by atoms with Gasteiger partial charge in [-0.15, -0.1) is 0 Å². The van der Waals surface area contributed by atoms with Crippen LogP contribution in [0, 0.1) is 0 Å². The summed E-state index contributed by atoms with van der Waals surface area (Å²) in [5.41, 5.74) is 22.1. The van der Waals surface area contributed by atoms with E-state index in [0.29, 0.717) is 0 Å². The number of rotatable bonds is 12. The molecule has 12 aromatic rings. The van der Waals surface area contributed by atoms with Gasteiger partial charge in [-0.3, -0.25) is 0 Å². The number of hydrogen-bond donors (Lipinski definition) is 0. The molecule has 0 aliphatic heterocycles. The highest BCUT2D eigenvalue weighted by molar-refractivity contribution is 6.13. The number of nitrogens with zero attached hydrogens (tertiary/aromatic N) is 2. The van der Waals surface area contributed by atoms with Gasteiger partial charge >= 0.3 is 0 Å². The van der Waals surface area contributed by atoms with Crippen LogP contribution >= 0.6 is 0 Å². The summed E-state index contributed by atoms with van der Waals surface area (Å²) in [6.07, 6.45) is 9.02. The van der Waals surface area contributed by atoms with Gasteiger partial charge in [-0.1, -0.05) is 218 Å². The van der Waals surface area contributed by atoms with Crippen LogP contribution in [0.2, 0.25) is 0 Å². The van der Waals surface area contributed by atoms with Crippen molar-refractivity contribution in [2.24, 2.45) is 0 Å². The lowest BCUT2D eigenvalue weighted by molar-refractivity contribution is 0.671. The lowest BCUT2D eigenvalue weighted by Gasteiger charge is -2.27.